The molecule has 0 radical (unpaired) electrons. The summed E-state index contributed by atoms with van der Waals surface area (Å²) in [6.07, 6.45) is 2.19. The molecule has 0 aromatic heterocycles. The van der Waals surface area contributed by atoms with E-state index in [9.17, 15) is 4.79 Å². The lowest BCUT2D eigenvalue weighted by atomic mass is 10.1. The van der Waals surface area contributed by atoms with Crippen LogP contribution in [0.4, 0.5) is 21.9 Å². The van der Waals surface area contributed by atoms with Crippen molar-refractivity contribution in [3.8, 4) is 0 Å². The van der Waals surface area contributed by atoms with E-state index in [1.165, 1.54) is 16.9 Å². The number of anilines is 3. The van der Waals surface area contributed by atoms with Gasteiger partial charge < -0.3 is 20.4 Å². The van der Waals surface area contributed by atoms with Crippen molar-refractivity contribution in [1.82, 2.24) is 5.32 Å². The Labute approximate surface area is 155 Å². The first-order valence-corrected chi connectivity index (χ1v) is 9.38. The second kappa shape index (κ2) is 7.28. The predicted molar refractivity (Wildman–Crippen MR) is 107 cm³/mol. The molecule has 0 spiro atoms. The molecule has 2 aromatic rings. The fourth-order valence-corrected chi connectivity index (χ4v) is 3.90. The van der Waals surface area contributed by atoms with Crippen molar-refractivity contribution in [3.63, 3.8) is 0 Å². The molecule has 1 saturated heterocycles. The van der Waals surface area contributed by atoms with E-state index in [1.807, 2.05) is 12.1 Å². The number of nitrogens with zero attached hydrogens (tertiary/aromatic N) is 2. The molecular weight excluding hydrogens is 324 g/mol. The summed E-state index contributed by atoms with van der Waals surface area (Å²) in [5.74, 6) is 0.493. The predicted octanol–water partition coefficient (Wildman–Crippen LogP) is 3.33. The second-order valence-corrected chi connectivity index (χ2v) is 7.29. The van der Waals surface area contributed by atoms with Gasteiger partial charge in [0.1, 0.15) is 0 Å². The number of para-hydroxylation sites is 1. The molecule has 1 atom stereocenters. The Hall–Kier alpha value is -2.69. The number of amides is 2. The topological polar surface area (TPSA) is 47.6 Å². The highest BCUT2D eigenvalue weighted by Crippen LogP contribution is 2.29. The highest BCUT2D eigenvalue weighted by atomic mass is 16.2. The van der Waals surface area contributed by atoms with Crippen LogP contribution in [0.5, 0.6) is 0 Å². The average Bonchev–Trinajstić information content (AvgIpc) is 3.28. The smallest absolute Gasteiger partial charge is 0.319 e. The van der Waals surface area contributed by atoms with Crippen molar-refractivity contribution in [2.24, 2.45) is 5.92 Å². The number of nitrogens with one attached hydrogen (secondary N) is 2. The third kappa shape index (κ3) is 3.62. The minimum Gasteiger partial charge on any atom is -0.374 e. The zero-order valence-electron chi connectivity index (χ0n) is 15.2. The molecule has 1 unspecified atom stereocenters. The van der Waals surface area contributed by atoms with Crippen LogP contribution >= 0.6 is 0 Å². The quantitative estimate of drug-likeness (QED) is 0.889. The van der Waals surface area contributed by atoms with Gasteiger partial charge in [-0.15, -0.1) is 0 Å². The van der Waals surface area contributed by atoms with Crippen LogP contribution < -0.4 is 20.4 Å². The van der Waals surface area contributed by atoms with E-state index in [0.717, 1.165) is 38.2 Å². The van der Waals surface area contributed by atoms with Gasteiger partial charge in [-0.1, -0.05) is 24.3 Å². The van der Waals surface area contributed by atoms with Gasteiger partial charge in [0.25, 0.3) is 0 Å². The van der Waals surface area contributed by atoms with Crippen LogP contribution in [0.1, 0.15) is 12.0 Å². The molecule has 5 heteroatoms. The van der Waals surface area contributed by atoms with Crippen molar-refractivity contribution < 1.29 is 4.79 Å². The molecule has 5 nitrogen and oxygen atoms in total. The Morgan fingerprint density at radius 3 is 2.85 bits per heavy atom. The number of carbonyl (C=O) groups is 1. The number of likely N-dealkylation sites (N-methyl/N-ethyl adjacent to an activating group) is 1. The van der Waals surface area contributed by atoms with Crippen molar-refractivity contribution in [1.29, 1.82) is 0 Å². The maximum absolute atomic E-state index is 12.3. The van der Waals surface area contributed by atoms with Gasteiger partial charge in [0, 0.05) is 50.3 Å². The lowest BCUT2D eigenvalue weighted by Gasteiger charge is -2.19. The van der Waals surface area contributed by atoms with Crippen LogP contribution in [0.2, 0.25) is 0 Å². The summed E-state index contributed by atoms with van der Waals surface area (Å²) >= 11 is 0. The number of fused-ring (bicyclic) bond motifs is 1. The van der Waals surface area contributed by atoms with Gasteiger partial charge in [0.2, 0.25) is 0 Å². The van der Waals surface area contributed by atoms with E-state index in [1.54, 1.807) is 0 Å². The highest BCUT2D eigenvalue weighted by Gasteiger charge is 2.23. The summed E-state index contributed by atoms with van der Waals surface area (Å²) in [5, 5.41) is 6.00. The van der Waals surface area contributed by atoms with Gasteiger partial charge in [-0.3, -0.25) is 0 Å². The third-order valence-corrected chi connectivity index (χ3v) is 5.43. The molecule has 0 saturated carbocycles. The summed E-state index contributed by atoms with van der Waals surface area (Å²) in [5.41, 5.74) is 4.69. The first-order valence-electron chi connectivity index (χ1n) is 9.38. The molecule has 136 valence electrons. The van der Waals surface area contributed by atoms with Crippen LogP contribution in [-0.4, -0.2) is 39.3 Å². The zero-order valence-corrected chi connectivity index (χ0v) is 15.2. The third-order valence-electron chi connectivity index (χ3n) is 5.43. The largest absolute Gasteiger partial charge is 0.374 e. The molecule has 2 aliphatic rings. The Kier molecular flexibility index (Phi) is 4.69. The molecule has 2 aliphatic heterocycles. The summed E-state index contributed by atoms with van der Waals surface area (Å²) in [4.78, 5) is 16.9. The number of hydrogen-bond donors (Lipinski definition) is 2. The summed E-state index contributed by atoms with van der Waals surface area (Å²) in [7, 11) is 2.09. The second-order valence-electron chi connectivity index (χ2n) is 7.29. The molecule has 1 fully saturated rings. The zero-order chi connectivity index (χ0) is 17.9. The van der Waals surface area contributed by atoms with Crippen LogP contribution in [0.15, 0.2) is 48.5 Å². The Morgan fingerprint density at radius 1 is 1.15 bits per heavy atom. The first-order chi connectivity index (χ1) is 12.7. The van der Waals surface area contributed by atoms with E-state index in [-0.39, 0.29) is 6.03 Å². The normalized spacial score (nSPS) is 18.7. The van der Waals surface area contributed by atoms with E-state index < -0.39 is 0 Å². The number of urea groups is 1. The fourth-order valence-electron chi connectivity index (χ4n) is 3.90. The molecule has 2 amide bonds. The molecule has 4 rings (SSSR count). The SMILES string of the molecule is CN1CCc2ccc(NC(=O)NCC3CCN(c4ccccc4)C3)cc21. The van der Waals surface area contributed by atoms with Gasteiger partial charge in [0.15, 0.2) is 0 Å². The molecule has 2 heterocycles. The summed E-state index contributed by atoms with van der Waals surface area (Å²) in [6, 6.07) is 16.5. The van der Waals surface area contributed by atoms with E-state index in [0.29, 0.717) is 12.5 Å². The van der Waals surface area contributed by atoms with Gasteiger partial charge in [-0.2, -0.15) is 0 Å². The minimum atomic E-state index is -0.122. The van der Waals surface area contributed by atoms with Crippen LogP contribution in [0, 0.1) is 5.92 Å². The van der Waals surface area contributed by atoms with Gasteiger partial charge in [-0.25, -0.2) is 4.79 Å². The molecule has 2 aromatic carbocycles. The summed E-state index contributed by atoms with van der Waals surface area (Å²) < 4.78 is 0. The van der Waals surface area contributed by atoms with Crippen molar-refractivity contribution in [2.45, 2.75) is 12.8 Å². The first kappa shape index (κ1) is 16.8. The number of benzene rings is 2. The molecule has 26 heavy (non-hydrogen) atoms. The van der Waals surface area contributed by atoms with Crippen molar-refractivity contribution in [2.75, 3.05) is 48.3 Å². The fraction of sp³-hybridized carbons (Fsp3) is 0.381. The number of hydrogen-bond acceptors (Lipinski definition) is 3. The molecule has 2 N–H and O–H groups in total. The monoisotopic (exact) mass is 350 g/mol. The van der Waals surface area contributed by atoms with Crippen LogP contribution in [0.3, 0.4) is 0 Å². The summed E-state index contributed by atoms with van der Waals surface area (Å²) in [6.45, 7) is 3.80. The van der Waals surface area contributed by atoms with Crippen molar-refractivity contribution >= 4 is 23.1 Å². The Balaban J connectivity index is 1.27. The van der Waals surface area contributed by atoms with Crippen molar-refractivity contribution in [3.05, 3.63) is 54.1 Å². The highest BCUT2D eigenvalue weighted by molar-refractivity contribution is 5.90. The van der Waals surface area contributed by atoms with Gasteiger partial charge in [0.05, 0.1) is 0 Å². The maximum atomic E-state index is 12.3. The van der Waals surface area contributed by atoms with Gasteiger partial charge >= 0.3 is 6.03 Å². The van der Waals surface area contributed by atoms with E-state index >= 15 is 0 Å². The van der Waals surface area contributed by atoms with E-state index in [2.05, 4.69) is 63.9 Å². The van der Waals surface area contributed by atoms with E-state index in [4.69, 9.17) is 0 Å². The van der Waals surface area contributed by atoms with Crippen LogP contribution in [0.25, 0.3) is 0 Å². The Morgan fingerprint density at radius 2 is 2.00 bits per heavy atom. The standard InChI is InChI=1S/C21H26N4O/c1-24-11-10-17-7-8-18(13-20(17)24)23-21(26)22-14-16-9-12-25(15-16)19-5-3-2-4-6-19/h2-8,13,16H,9-12,14-15H2,1H3,(H2,22,23,26). The lowest BCUT2D eigenvalue weighted by molar-refractivity contribution is 0.250. The lowest BCUT2D eigenvalue weighted by Crippen LogP contribution is -2.34. The average molecular weight is 350 g/mol. The molecule has 0 bridgehead atoms. The molecular formula is C21H26N4O. The minimum absolute atomic E-state index is 0.122. The van der Waals surface area contributed by atoms with Crippen LogP contribution in [-0.2, 0) is 6.42 Å². The van der Waals surface area contributed by atoms with Gasteiger partial charge in [-0.05, 0) is 48.6 Å². The molecule has 0 aliphatic carbocycles. The number of rotatable bonds is 4. The Bertz CT molecular complexity index is 777. The maximum Gasteiger partial charge on any atom is 0.319 e. The number of carbonyl (C=O) groups excluding carboxylic acids is 1.